The van der Waals surface area contributed by atoms with Gasteiger partial charge in [-0.3, -0.25) is 9.59 Å². The zero-order valence-corrected chi connectivity index (χ0v) is 18.7. The maximum absolute atomic E-state index is 13.3. The molecule has 2 aromatic heterocycles. The molecule has 0 fully saturated rings. The van der Waals surface area contributed by atoms with Gasteiger partial charge < -0.3 is 14.0 Å². The van der Waals surface area contributed by atoms with Crippen molar-refractivity contribution in [2.75, 3.05) is 7.11 Å². The molecule has 2 aliphatic rings. The van der Waals surface area contributed by atoms with Crippen molar-refractivity contribution in [3.8, 4) is 17.1 Å². The zero-order chi connectivity index (χ0) is 22.3. The number of cyclic esters (lactones) is 1. The number of carbonyl (C=O) groups is 1. The van der Waals surface area contributed by atoms with Gasteiger partial charge in [-0.1, -0.05) is 27.7 Å². The predicted molar refractivity (Wildman–Crippen MR) is 121 cm³/mol. The normalized spacial score (nSPS) is 16.0. The molecule has 6 heteroatoms. The van der Waals surface area contributed by atoms with Gasteiger partial charge in [0.05, 0.1) is 42.0 Å². The van der Waals surface area contributed by atoms with Gasteiger partial charge in [-0.05, 0) is 48.2 Å². The van der Waals surface area contributed by atoms with E-state index in [9.17, 15) is 9.59 Å². The molecule has 0 saturated heterocycles. The number of aryl methyl sites for hydroxylation is 1. The van der Waals surface area contributed by atoms with Crippen LogP contribution in [-0.4, -0.2) is 22.6 Å². The first kappa shape index (κ1) is 21.1. The van der Waals surface area contributed by atoms with Crippen molar-refractivity contribution in [3.05, 3.63) is 56.9 Å². The fraction of sp³-hybridized carbons (Fsp3) is 0.400. The molecule has 0 N–H and O–H groups in total. The monoisotopic (exact) mass is 420 g/mol. The van der Waals surface area contributed by atoms with Crippen molar-refractivity contribution in [3.63, 3.8) is 0 Å². The Kier molecular flexibility index (Phi) is 5.56. The Hall–Kier alpha value is -3.15. The van der Waals surface area contributed by atoms with E-state index in [0.29, 0.717) is 18.5 Å². The maximum atomic E-state index is 13.3. The first-order valence-electron chi connectivity index (χ1n) is 11.0. The van der Waals surface area contributed by atoms with Crippen LogP contribution < -0.4 is 10.3 Å². The number of rotatable bonds is 3. The molecule has 0 aliphatic carbocycles. The van der Waals surface area contributed by atoms with Crippen LogP contribution in [0.1, 0.15) is 62.3 Å². The van der Waals surface area contributed by atoms with E-state index >= 15 is 0 Å². The minimum atomic E-state index is -0.392. The lowest BCUT2D eigenvalue weighted by Crippen LogP contribution is -2.32. The quantitative estimate of drug-likeness (QED) is 0.454. The lowest BCUT2D eigenvalue weighted by atomic mass is 9.90. The highest BCUT2D eigenvalue weighted by molar-refractivity contribution is 5.89. The fourth-order valence-corrected chi connectivity index (χ4v) is 4.69. The summed E-state index contributed by atoms with van der Waals surface area (Å²) in [6.07, 6.45) is 1.43. The molecule has 31 heavy (non-hydrogen) atoms. The van der Waals surface area contributed by atoms with E-state index < -0.39 is 5.92 Å². The van der Waals surface area contributed by atoms with Crippen molar-refractivity contribution < 1.29 is 14.3 Å². The second kappa shape index (κ2) is 8.17. The van der Waals surface area contributed by atoms with E-state index in [1.807, 2.05) is 45.0 Å². The molecule has 2 aliphatic heterocycles. The third kappa shape index (κ3) is 3.12. The molecule has 162 valence electrons. The maximum Gasteiger partial charge on any atom is 0.313 e. The molecular formula is C25H28N2O4. The molecule has 1 atom stereocenters. The number of nitrogens with zero attached hydrogens (tertiary/aromatic N) is 2. The van der Waals surface area contributed by atoms with Gasteiger partial charge in [0.25, 0.3) is 5.56 Å². The van der Waals surface area contributed by atoms with E-state index in [4.69, 9.17) is 14.5 Å². The van der Waals surface area contributed by atoms with Gasteiger partial charge in [0.1, 0.15) is 12.4 Å². The molecule has 1 aromatic carbocycles. The van der Waals surface area contributed by atoms with Crippen molar-refractivity contribution >= 4 is 16.9 Å². The van der Waals surface area contributed by atoms with Crippen LogP contribution in [0.25, 0.3) is 22.3 Å². The lowest BCUT2D eigenvalue weighted by Gasteiger charge is -2.24. The second-order valence-corrected chi connectivity index (χ2v) is 7.58. The molecule has 0 amide bonds. The van der Waals surface area contributed by atoms with E-state index in [1.54, 1.807) is 11.7 Å². The van der Waals surface area contributed by atoms with Gasteiger partial charge in [0, 0.05) is 10.9 Å². The van der Waals surface area contributed by atoms with Crippen LogP contribution >= 0.6 is 0 Å². The summed E-state index contributed by atoms with van der Waals surface area (Å²) in [7, 11) is 1.65. The zero-order valence-electron chi connectivity index (χ0n) is 18.7. The largest absolute Gasteiger partial charge is 0.497 e. The van der Waals surface area contributed by atoms with Crippen LogP contribution in [0.3, 0.4) is 0 Å². The van der Waals surface area contributed by atoms with Crippen LogP contribution in [-0.2, 0) is 29.1 Å². The van der Waals surface area contributed by atoms with Crippen LogP contribution in [0.5, 0.6) is 5.75 Å². The van der Waals surface area contributed by atoms with Crippen molar-refractivity contribution in [2.45, 2.75) is 59.6 Å². The average Bonchev–Trinajstić information content (AvgIpc) is 3.17. The number of aromatic nitrogens is 2. The number of hydrogen-bond acceptors (Lipinski definition) is 5. The van der Waals surface area contributed by atoms with Crippen molar-refractivity contribution in [1.29, 1.82) is 0 Å². The summed E-state index contributed by atoms with van der Waals surface area (Å²) in [5.74, 6) is 0.144. The van der Waals surface area contributed by atoms with Crippen molar-refractivity contribution in [2.24, 2.45) is 0 Å². The summed E-state index contributed by atoms with van der Waals surface area (Å²) in [4.78, 5) is 30.4. The molecule has 0 spiro atoms. The Morgan fingerprint density at radius 2 is 1.94 bits per heavy atom. The van der Waals surface area contributed by atoms with E-state index in [2.05, 4.69) is 6.92 Å². The van der Waals surface area contributed by atoms with E-state index in [0.717, 1.165) is 45.6 Å². The molecule has 4 heterocycles. The van der Waals surface area contributed by atoms with Gasteiger partial charge >= 0.3 is 5.97 Å². The first-order valence-corrected chi connectivity index (χ1v) is 11.0. The van der Waals surface area contributed by atoms with E-state index in [1.165, 1.54) is 5.56 Å². The average molecular weight is 421 g/mol. The molecular weight excluding hydrogens is 392 g/mol. The summed E-state index contributed by atoms with van der Waals surface area (Å²) in [6.45, 7) is 8.59. The molecule has 0 saturated carbocycles. The summed E-state index contributed by atoms with van der Waals surface area (Å²) in [5.41, 5.74) is 6.09. The van der Waals surface area contributed by atoms with Gasteiger partial charge in [0.2, 0.25) is 0 Å². The topological polar surface area (TPSA) is 70.4 Å². The molecule has 0 radical (unpaired) electrons. The molecule has 0 bridgehead atoms. The van der Waals surface area contributed by atoms with Gasteiger partial charge in [-0.15, -0.1) is 0 Å². The predicted octanol–water partition coefficient (Wildman–Crippen LogP) is 4.57. The number of pyridine rings is 2. The highest BCUT2D eigenvalue weighted by Crippen LogP contribution is 2.39. The van der Waals surface area contributed by atoms with Gasteiger partial charge in [-0.2, -0.15) is 0 Å². The SMILES string of the molecule is CC.CCc1c2c(nc3ccc(OC)cc13)-c1cc3c(c(=O)n1C2)COC(=O)[C@@H]3CC. The Morgan fingerprint density at radius 3 is 2.61 bits per heavy atom. The fourth-order valence-electron chi connectivity index (χ4n) is 4.69. The number of carbonyl (C=O) groups excluding carboxylic acids is 1. The van der Waals surface area contributed by atoms with Gasteiger partial charge in [0.15, 0.2) is 0 Å². The molecule has 3 aromatic rings. The van der Waals surface area contributed by atoms with Crippen LogP contribution in [0, 0.1) is 0 Å². The van der Waals surface area contributed by atoms with Crippen molar-refractivity contribution in [1.82, 2.24) is 9.55 Å². The highest BCUT2D eigenvalue weighted by Gasteiger charge is 2.34. The number of esters is 1. The van der Waals surface area contributed by atoms with Gasteiger partial charge in [-0.25, -0.2) is 4.98 Å². The molecule has 5 rings (SSSR count). The summed E-state index contributed by atoms with van der Waals surface area (Å²) in [6, 6.07) is 7.86. The summed E-state index contributed by atoms with van der Waals surface area (Å²) >= 11 is 0. The first-order chi connectivity index (χ1) is 15.1. The number of hydrogen-bond donors (Lipinski definition) is 0. The van der Waals surface area contributed by atoms with E-state index in [-0.39, 0.29) is 18.1 Å². The Morgan fingerprint density at radius 1 is 1.16 bits per heavy atom. The third-order valence-electron chi connectivity index (χ3n) is 6.19. The smallest absolute Gasteiger partial charge is 0.313 e. The Balaban J connectivity index is 0.00000112. The number of ether oxygens (including phenoxy) is 2. The lowest BCUT2D eigenvalue weighted by molar-refractivity contribution is -0.148. The third-order valence-corrected chi connectivity index (χ3v) is 6.19. The standard InChI is InChI=1S/C23H22N2O4.C2H6/c1-4-13-16-8-12(28-3)6-7-19(16)24-21-17(13)10-25-20(21)9-15-14(5-2)23(27)29-11-18(15)22(25)26;1-2/h6-9,14H,4-5,10-11H2,1-3H3;1-2H3/t14-;/m1./s1. The van der Waals surface area contributed by atoms with Crippen LogP contribution in [0.2, 0.25) is 0 Å². The number of fused-ring (bicyclic) bond motifs is 5. The Labute approximate surface area is 181 Å². The minimum absolute atomic E-state index is 0.0490. The Bertz CT molecular complexity index is 1240. The number of methoxy groups -OCH3 is 1. The van der Waals surface area contributed by atoms with Crippen LogP contribution in [0.4, 0.5) is 0 Å². The summed E-state index contributed by atoms with van der Waals surface area (Å²) in [5, 5.41) is 1.06. The second-order valence-electron chi connectivity index (χ2n) is 7.58. The highest BCUT2D eigenvalue weighted by atomic mass is 16.5. The molecule has 0 unspecified atom stereocenters. The summed E-state index contributed by atoms with van der Waals surface area (Å²) < 4.78 is 12.4. The minimum Gasteiger partial charge on any atom is -0.497 e. The van der Waals surface area contributed by atoms with Crippen LogP contribution in [0.15, 0.2) is 29.1 Å². The molecule has 6 nitrogen and oxygen atoms in total. The number of benzene rings is 1.